The summed E-state index contributed by atoms with van der Waals surface area (Å²) in [5.74, 6) is -0.576. The highest BCUT2D eigenvalue weighted by Gasteiger charge is 2.20. The lowest BCUT2D eigenvalue weighted by molar-refractivity contribution is -0.135. The first kappa shape index (κ1) is 23.6. The molecule has 0 aliphatic heterocycles. The number of hydrogen-bond acceptors (Lipinski definition) is 4. The summed E-state index contributed by atoms with van der Waals surface area (Å²) in [6.45, 7) is 10.4. The van der Waals surface area contributed by atoms with E-state index < -0.39 is 0 Å². The SMILES string of the molecule is CCc1ccccc1NC(=O)CN(C)C(=O)CN(CC)CC(=O)NC(C)(C)C. The first-order chi connectivity index (χ1) is 13.1. The summed E-state index contributed by atoms with van der Waals surface area (Å²) in [7, 11) is 1.59. The van der Waals surface area contributed by atoms with Gasteiger partial charge in [-0.15, -0.1) is 0 Å². The van der Waals surface area contributed by atoms with Gasteiger partial charge in [0.05, 0.1) is 19.6 Å². The van der Waals surface area contributed by atoms with E-state index in [1.807, 2.05) is 58.9 Å². The Kier molecular flexibility index (Phi) is 9.12. The third-order valence-corrected chi connectivity index (χ3v) is 4.17. The zero-order valence-corrected chi connectivity index (χ0v) is 18.0. The van der Waals surface area contributed by atoms with Gasteiger partial charge in [0.15, 0.2) is 0 Å². The predicted molar refractivity (Wildman–Crippen MR) is 112 cm³/mol. The third-order valence-electron chi connectivity index (χ3n) is 4.17. The van der Waals surface area contributed by atoms with Crippen molar-refractivity contribution in [1.82, 2.24) is 15.1 Å². The number of nitrogens with one attached hydrogen (secondary N) is 2. The van der Waals surface area contributed by atoms with E-state index in [0.29, 0.717) is 6.54 Å². The lowest BCUT2D eigenvalue weighted by atomic mass is 10.1. The van der Waals surface area contributed by atoms with Crippen LogP contribution in [0, 0.1) is 0 Å². The maximum absolute atomic E-state index is 12.5. The number of hydrogen-bond donors (Lipinski definition) is 2. The summed E-state index contributed by atoms with van der Waals surface area (Å²) in [6, 6.07) is 7.61. The minimum Gasteiger partial charge on any atom is -0.350 e. The molecule has 0 fully saturated rings. The van der Waals surface area contributed by atoms with Crippen molar-refractivity contribution < 1.29 is 14.4 Å². The Labute approximate surface area is 168 Å². The van der Waals surface area contributed by atoms with E-state index in [9.17, 15) is 14.4 Å². The zero-order chi connectivity index (χ0) is 21.3. The average Bonchev–Trinajstić information content (AvgIpc) is 2.59. The molecule has 0 bridgehead atoms. The van der Waals surface area contributed by atoms with Crippen molar-refractivity contribution in [2.75, 3.05) is 38.5 Å². The summed E-state index contributed by atoms with van der Waals surface area (Å²) in [4.78, 5) is 40.0. The molecule has 7 heteroatoms. The Morgan fingerprint density at radius 3 is 2.18 bits per heavy atom. The summed E-state index contributed by atoms with van der Waals surface area (Å²) >= 11 is 0. The molecular weight excluding hydrogens is 356 g/mol. The van der Waals surface area contributed by atoms with Crippen molar-refractivity contribution in [2.24, 2.45) is 0 Å². The van der Waals surface area contributed by atoms with Gasteiger partial charge in [0.1, 0.15) is 0 Å². The fraction of sp³-hybridized carbons (Fsp3) is 0.571. The van der Waals surface area contributed by atoms with E-state index >= 15 is 0 Å². The van der Waals surface area contributed by atoms with E-state index in [-0.39, 0.29) is 42.9 Å². The number of anilines is 1. The van der Waals surface area contributed by atoms with Crippen LogP contribution in [0.3, 0.4) is 0 Å². The maximum Gasteiger partial charge on any atom is 0.243 e. The fourth-order valence-electron chi connectivity index (χ4n) is 2.70. The molecule has 0 unspecified atom stereocenters. The van der Waals surface area contributed by atoms with Crippen LogP contribution >= 0.6 is 0 Å². The Morgan fingerprint density at radius 2 is 1.61 bits per heavy atom. The molecular formula is C21H34N4O3. The molecule has 0 spiro atoms. The van der Waals surface area contributed by atoms with Crippen LogP contribution in [-0.4, -0.2) is 66.3 Å². The number of amides is 3. The lowest BCUT2D eigenvalue weighted by Crippen LogP contribution is -2.48. The van der Waals surface area contributed by atoms with Gasteiger partial charge in [-0.3, -0.25) is 19.3 Å². The topological polar surface area (TPSA) is 81.8 Å². The van der Waals surface area contributed by atoms with Crippen molar-refractivity contribution in [3.05, 3.63) is 29.8 Å². The predicted octanol–water partition coefficient (Wildman–Crippen LogP) is 1.88. The van der Waals surface area contributed by atoms with Gasteiger partial charge in [-0.25, -0.2) is 0 Å². The number of rotatable bonds is 9. The molecule has 2 N–H and O–H groups in total. The number of benzene rings is 1. The molecule has 156 valence electrons. The number of para-hydroxylation sites is 1. The van der Waals surface area contributed by atoms with Crippen LogP contribution in [0.5, 0.6) is 0 Å². The number of nitrogens with zero attached hydrogens (tertiary/aromatic N) is 2. The first-order valence-electron chi connectivity index (χ1n) is 9.70. The molecule has 1 aromatic rings. The van der Waals surface area contributed by atoms with Crippen LogP contribution in [0.25, 0.3) is 0 Å². The van der Waals surface area contributed by atoms with Crippen molar-refractivity contribution in [3.63, 3.8) is 0 Å². The van der Waals surface area contributed by atoms with Crippen LogP contribution < -0.4 is 10.6 Å². The monoisotopic (exact) mass is 390 g/mol. The molecule has 1 aromatic carbocycles. The largest absolute Gasteiger partial charge is 0.350 e. The van der Waals surface area contributed by atoms with E-state index in [0.717, 1.165) is 17.7 Å². The van der Waals surface area contributed by atoms with Gasteiger partial charge in [-0.2, -0.15) is 0 Å². The molecule has 0 aliphatic carbocycles. The Bertz CT molecular complexity index is 682. The molecule has 1 rings (SSSR count). The standard InChI is InChI=1S/C21H34N4O3/c1-7-16-11-9-10-12-17(16)22-18(26)13-24(6)20(28)15-25(8-2)14-19(27)23-21(3,4)5/h9-12H,7-8,13-15H2,1-6H3,(H,22,26)(H,23,27). The molecule has 7 nitrogen and oxygen atoms in total. The quantitative estimate of drug-likeness (QED) is 0.675. The second kappa shape index (κ2) is 10.8. The summed E-state index contributed by atoms with van der Waals surface area (Å²) in [5, 5.41) is 5.75. The first-order valence-corrected chi connectivity index (χ1v) is 9.70. The number of carbonyl (C=O) groups is 3. The highest BCUT2D eigenvalue weighted by atomic mass is 16.2. The van der Waals surface area contributed by atoms with Crippen molar-refractivity contribution in [1.29, 1.82) is 0 Å². The molecule has 0 atom stereocenters. The fourth-order valence-corrected chi connectivity index (χ4v) is 2.70. The van der Waals surface area contributed by atoms with Gasteiger partial charge in [0.2, 0.25) is 17.7 Å². The van der Waals surface area contributed by atoms with Gasteiger partial charge < -0.3 is 15.5 Å². The normalized spacial score (nSPS) is 11.2. The van der Waals surface area contributed by atoms with Gasteiger partial charge >= 0.3 is 0 Å². The molecule has 3 amide bonds. The second-order valence-electron chi connectivity index (χ2n) is 7.91. The van der Waals surface area contributed by atoms with Gasteiger partial charge in [0.25, 0.3) is 0 Å². The zero-order valence-electron chi connectivity index (χ0n) is 18.0. The number of carbonyl (C=O) groups excluding carboxylic acids is 3. The van der Waals surface area contributed by atoms with E-state index in [1.54, 1.807) is 11.9 Å². The average molecular weight is 391 g/mol. The molecule has 0 aliphatic rings. The van der Waals surface area contributed by atoms with E-state index in [1.165, 1.54) is 4.90 Å². The van der Waals surface area contributed by atoms with E-state index in [2.05, 4.69) is 10.6 Å². The van der Waals surface area contributed by atoms with Crippen molar-refractivity contribution >= 4 is 23.4 Å². The molecule has 0 aromatic heterocycles. The van der Waals surface area contributed by atoms with Gasteiger partial charge in [-0.05, 0) is 45.4 Å². The Morgan fingerprint density at radius 1 is 0.964 bits per heavy atom. The minimum atomic E-state index is -0.315. The van der Waals surface area contributed by atoms with Crippen LogP contribution in [0.15, 0.2) is 24.3 Å². The van der Waals surface area contributed by atoms with Crippen LogP contribution in [0.1, 0.15) is 40.2 Å². The van der Waals surface area contributed by atoms with Crippen molar-refractivity contribution in [2.45, 2.75) is 46.6 Å². The van der Waals surface area contributed by atoms with Crippen molar-refractivity contribution in [3.8, 4) is 0 Å². The summed E-state index contributed by atoms with van der Waals surface area (Å²) < 4.78 is 0. The molecule has 0 heterocycles. The summed E-state index contributed by atoms with van der Waals surface area (Å²) in [6.07, 6.45) is 0.813. The Balaban J connectivity index is 2.56. The highest BCUT2D eigenvalue weighted by Crippen LogP contribution is 2.15. The maximum atomic E-state index is 12.5. The van der Waals surface area contributed by atoms with Gasteiger partial charge in [0, 0.05) is 18.3 Å². The highest BCUT2D eigenvalue weighted by molar-refractivity contribution is 5.95. The minimum absolute atomic E-state index is 0.0391. The van der Waals surface area contributed by atoms with Gasteiger partial charge in [-0.1, -0.05) is 32.0 Å². The second-order valence-corrected chi connectivity index (χ2v) is 7.91. The van der Waals surface area contributed by atoms with Crippen LogP contribution in [0.4, 0.5) is 5.69 Å². The number of aryl methyl sites for hydroxylation is 1. The number of likely N-dealkylation sites (N-methyl/N-ethyl adjacent to an activating group) is 2. The van der Waals surface area contributed by atoms with E-state index in [4.69, 9.17) is 0 Å². The molecule has 0 radical (unpaired) electrons. The summed E-state index contributed by atoms with van der Waals surface area (Å²) in [5.41, 5.74) is 1.50. The molecule has 0 saturated heterocycles. The Hall–Kier alpha value is -2.41. The molecule has 28 heavy (non-hydrogen) atoms. The third kappa shape index (κ3) is 8.52. The van der Waals surface area contributed by atoms with Crippen LogP contribution in [-0.2, 0) is 20.8 Å². The lowest BCUT2D eigenvalue weighted by Gasteiger charge is -2.26. The van der Waals surface area contributed by atoms with Crippen LogP contribution in [0.2, 0.25) is 0 Å². The molecule has 0 saturated carbocycles. The smallest absolute Gasteiger partial charge is 0.243 e.